The van der Waals surface area contributed by atoms with Crippen molar-refractivity contribution in [1.29, 1.82) is 0 Å². The minimum atomic E-state index is -2.36. The van der Waals surface area contributed by atoms with Crippen LogP contribution in [0, 0.1) is 18.8 Å². The summed E-state index contributed by atoms with van der Waals surface area (Å²) in [6.45, 7) is 12.7. The molecule has 8 aromatic rings. The molecule has 9 rings (SSSR count). The molecule has 2 aromatic heterocycles. The molecule has 0 saturated carbocycles. The Labute approximate surface area is 331 Å². The van der Waals surface area contributed by atoms with Crippen LogP contribution in [0.25, 0.3) is 55.6 Å². The Bertz CT molecular complexity index is 2770. The quantitative estimate of drug-likeness (QED) is 0.165. The third-order valence-corrected chi connectivity index (χ3v) is 10.3. The van der Waals surface area contributed by atoms with Gasteiger partial charge in [0.2, 0.25) is 5.95 Å². The molecule has 6 aromatic carbocycles. The largest absolute Gasteiger partial charge is 0.504 e. The summed E-state index contributed by atoms with van der Waals surface area (Å²) in [5.41, 5.74) is 11.0. The van der Waals surface area contributed by atoms with Crippen LogP contribution < -0.4 is 9.80 Å². The number of aromatic nitrogens is 3. The molecule has 0 atom stereocenters. The summed E-state index contributed by atoms with van der Waals surface area (Å²) in [6.07, 6.45) is 0. The molecular weight excluding hydrogens is 830 g/mol. The van der Waals surface area contributed by atoms with E-state index in [1.807, 2.05) is 65.6 Å². The van der Waals surface area contributed by atoms with Gasteiger partial charge in [-0.3, -0.25) is 9.13 Å². The van der Waals surface area contributed by atoms with E-state index in [1.54, 1.807) is 6.67 Å². The van der Waals surface area contributed by atoms with E-state index in [4.69, 9.17) is 9.10 Å². The second kappa shape index (κ2) is 12.8. The van der Waals surface area contributed by atoms with Crippen LogP contribution in [0.5, 0.6) is 0 Å². The van der Waals surface area contributed by atoms with Gasteiger partial charge in [0.1, 0.15) is 5.52 Å². The molecule has 6 heteroatoms. The normalized spacial score (nSPS) is 14.3. The maximum atomic E-state index is 8.32. The molecule has 0 radical (unpaired) electrons. The Morgan fingerprint density at radius 1 is 0.642 bits per heavy atom. The van der Waals surface area contributed by atoms with E-state index in [0.717, 1.165) is 61.0 Å². The van der Waals surface area contributed by atoms with Crippen molar-refractivity contribution in [3.63, 3.8) is 0 Å². The summed E-state index contributed by atoms with van der Waals surface area (Å²) in [5, 5.41) is 2.21. The average Bonchev–Trinajstić information content (AvgIpc) is 3.84. The molecule has 0 unspecified atom stereocenters. The van der Waals surface area contributed by atoms with E-state index in [2.05, 4.69) is 123 Å². The first kappa shape index (κ1) is 31.4. The van der Waals surface area contributed by atoms with Crippen molar-refractivity contribution in [2.45, 2.75) is 52.4 Å². The van der Waals surface area contributed by atoms with Gasteiger partial charge in [0.15, 0.2) is 0 Å². The third-order valence-electron chi connectivity index (χ3n) is 10.3. The van der Waals surface area contributed by atoms with Crippen molar-refractivity contribution in [3.8, 4) is 22.8 Å². The molecule has 3 heterocycles. The van der Waals surface area contributed by atoms with E-state index in [1.165, 1.54) is 16.0 Å². The van der Waals surface area contributed by atoms with Crippen LogP contribution in [0.2, 0.25) is 0 Å². The summed E-state index contributed by atoms with van der Waals surface area (Å²) >= 11 is 0. The molecule has 0 amide bonds. The summed E-state index contributed by atoms with van der Waals surface area (Å²) in [7, 11) is 0. The van der Waals surface area contributed by atoms with Gasteiger partial charge >= 0.3 is 0 Å². The van der Waals surface area contributed by atoms with Crippen molar-refractivity contribution in [2.24, 2.45) is 0 Å². The molecule has 0 fully saturated rings. The van der Waals surface area contributed by atoms with Gasteiger partial charge in [-0.2, -0.15) is 30.3 Å². The predicted molar refractivity (Wildman–Crippen MR) is 217 cm³/mol. The van der Waals surface area contributed by atoms with Gasteiger partial charge in [-0.05, 0) is 76.7 Å². The Morgan fingerprint density at radius 2 is 1.36 bits per heavy atom. The van der Waals surface area contributed by atoms with Crippen molar-refractivity contribution in [1.82, 2.24) is 14.1 Å². The van der Waals surface area contributed by atoms with Crippen LogP contribution in [0.3, 0.4) is 0 Å². The standard InChI is InChI=1S/C47H42N5.Pt/c1-46(2,3)33-16-13-15-31(27-33)32-23-25-36-37-29-34(47(4,5)6)24-26-38(37)52(43(36)28-32)45-48-44-41(50-30-49(7)39-19-11-12-20-40(39)50)21-14-22-42(44)51(45)35-17-9-8-10-18-35;/h8-14,16-27,29-30H,1-7H3;/q-3;/i7D3;. The Morgan fingerprint density at radius 3 is 2.11 bits per heavy atom. The molecule has 0 N–H and O–H groups in total. The molecule has 0 saturated heterocycles. The molecule has 0 bridgehead atoms. The first-order valence-electron chi connectivity index (χ1n) is 19.3. The predicted octanol–water partition coefficient (Wildman–Crippen LogP) is 11.7. The van der Waals surface area contributed by atoms with Crippen LogP contribution in [0.4, 0.5) is 17.1 Å². The van der Waals surface area contributed by atoms with E-state index in [-0.39, 0.29) is 31.9 Å². The Hall–Kier alpha value is -5.12. The van der Waals surface area contributed by atoms with Gasteiger partial charge in [0.25, 0.3) is 0 Å². The molecule has 53 heavy (non-hydrogen) atoms. The molecule has 1 aliphatic rings. The molecule has 0 aliphatic carbocycles. The SMILES string of the molecule is [2H]C([2H])([2H])N1[CH-]N(c2cccc3c2nc(-n2c4[c-]c(-c5[c-]ccc(C(C)(C)C)c5)ccc4c4cc(C(C)(C)C)ccc42)n3-c2ccccc2)c2ccccc21.[Pt]. The van der Waals surface area contributed by atoms with Gasteiger partial charge in [-0.25, -0.2) is 16.1 Å². The zero-order valence-electron chi connectivity index (χ0n) is 33.7. The van der Waals surface area contributed by atoms with Crippen LogP contribution in [0.15, 0.2) is 121 Å². The number of imidazole rings is 1. The van der Waals surface area contributed by atoms with Crippen LogP contribution in [0.1, 0.15) is 56.8 Å². The first-order valence-corrected chi connectivity index (χ1v) is 17.8. The molecule has 268 valence electrons. The summed E-state index contributed by atoms with van der Waals surface area (Å²) in [4.78, 5) is 8.84. The van der Waals surface area contributed by atoms with E-state index in [9.17, 15) is 0 Å². The Balaban J connectivity index is 0.00000441. The number of rotatable bonds is 4. The van der Waals surface area contributed by atoms with E-state index < -0.39 is 6.98 Å². The van der Waals surface area contributed by atoms with Crippen LogP contribution in [-0.4, -0.2) is 21.1 Å². The van der Waals surface area contributed by atoms with Gasteiger partial charge in [-0.15, -0.1) is 24.4 Å². The number of anilines is 3. The van der Waals surface area contributed by atoms with Gasteiger partial charge < -0.3 is 9.80 Å². The monoisotopic (exact) mass is 874 g/mol. The second-order valence-corrected chi connectivity index (χ2v) is 15.8. The fourth-order valence-corrected chi connectivity index (χ4v) is 7.41. The van der Waals surface area contributed by atoms with E-state index in [0.29, 0.717) is 11.6 Å². The summed E-state index contributed by atoms with van der Waals surface area (Å²) in [6, 6.07) is 48.8. The van der Waals surface area contributed by atoms with E-state index >= 15 is 0 Å². The van der Waals surface area contributed by atoms with Crippen molar-refractivity contribution in [3.05, 3.63) is 151 Å². The minimum absolute atomic E-state index is 0. The minimum Gasteiger partial charge on any atom is -0.504 e. The average molecular weight is 875 g/mol. The Kier molecular flexibility index (Phi) is 7.57. The van der Waals surface area contributed by atoms with Crippen LogP contribution >= 0.6 is 0 Å². The fourth-order valence-electron chi connectivity index (χ4n) is 7.41. The van der Waals surface area contributed by atoms with Crippen LogP contribution in [-0.2, 0) is 31.9 Å². The first-order chi connectivity index (χ1) is 26.2. The molecule has 1 aliphatic heterocycles. The molecule has 0 spiro atoms. The molecule has 5 nitrogen and oxygen atoms in total. The number of benzene rings is 6. The number of hydrogen-bond acceptors (Lipinski definition) is 3. The van der Waals surface area contributed by atoms with Crippen molar-refractivity contribution >= 4 is 49.9 Å². The maximum Gasteiger partial charge on any atom is 0.219 e. The zero-order valence-corrected chi connectivity index (χ0v) is 32.9. The number of nitrogens with zero attached hydrogens (tertiary/aromatic N) is 5. The topological polar surface area (TPSA) is 29.2 Å². The summed E-state index contributed by atoms with van der Waals surface area (Å²) < 4.78 is 29.4. The van der Waals surface area contributed by atoms with Gasteiger partial charge in [0.05, 0.1) is 5.52 Å². The van der Waals surface area contributed by atoms with Crippen molar-refractivity contribution in [2.75, 3.05) is 16.8 Å². The number of hydrogen-bond donors (Lipinski definition) is 0. The molecular formula is C47H42N5Pt-3. The van der Waals surface area contributed by atoms with Gasteiger partial charge in [0, 0.05) is 53.4 Å². The number of fused-ring (bicyclic) bond motifs is 5. The summed E-state index contributed by atoms with van der Waals surface area (Å²) in [5.74, 6) is 0.707. The maximum absolute atomic E-state index is 8.32. The fraction of sp³-hybridized carbons (Fsp3) is 0.191. The zero-order chi connectivity index (χ0) is 38.4. The van der Waals surface area contributed by atoms with Gasteiger partial charge in [-0.1, -0.05) is 95.5 Å². The smallest absolute Gasteiger partial charge is 0.219 e. The van der Waals surface area contributed by atoms with Crippen molar-refractivity contribution < 1.29 is 25.2 Å². The third kappa shape index (κ3) is 5.77. The number of para-hydroxylation sites is 4. The second-order valence-electron chi connectivity index (χ2n) is 15.8.